The van der Waals surface area contributed by atoms with E-state index in [9.17, 15) is 4.79 Å². The number of likely N-dealkylation sites (N-methyl/N-ethyl adjacent to an activating group) is 1. The molecule has 3 heteroatoms. The summed E-state index contributed by atoms with van der Waals surface area (Å²) in [5.74, 6) is 0.114. The Kier molecular flexibility index (Phi) is 6.26. The number of Topliss-reactive ketones (excluding diaryl/α,β-unsaturated/α-hetero) is 1. The fraction of sp³-hybridized carbons (Fsp3) is 0.188. The molecule has 2 aromatic carbocycles. The third-order valence-electron chi connectivity index (χ3n) is 2.86. The predicted octanol–water partition coefficient (Wildman–Crippen LogP) is 3.64. The van der Waals surface area contributed by atoms with Gasteiger partial charge in [-0.25, -0.2) is 0 Å². The summed E-state index contributed by atoms with van der Waals surface area (Å²) in [7, 11) is 0. The Morgan fingerprint density at radius 1 is 1.00 bits per heavy atom. The summed E-state index contributed by atoms with van der Waals surface area (Å²) in [6, 6.07) is 19.0. The highest BCUT2D eigenvalue weighted by molar-refractivity contribution is 6.00. The average molecular weight is 276 g/mol. The van der Waals surface area contributed by atoms with Gasteiger partial charge < -0.3 is 5.32 Å². The molecule has 0 heterocycles. The van der Waals surface area contributed by atoms with Crippen LogP contribution >= 0.6 is 12.4 Å². The van der Waals surface area contributed by atoms with E-state index in [4.69, 9.17) is 0 Å². The standard InChI is InChI=1S/C16H17NO.ClH/c1-2-17-15(13-9-5-3-6-10-13)16(18)14-11-7-4-8-12-14;/h3-12,15,17H,2H2,1H3;1H. The van der Waals surface area contributed by atoms with Gasteiger partial charge in [0.05, 0.1) is 6.04 Å². The van der Waals surface area contributed by atoms with Crippen LogP contribution < -0.4 is 5.32 Å². The van der Waals surface area contributed by atoms with Gasteiger partial charge in [0.1, 0.15) is 0 Å². The fourth-order valence-corrected chi connectivity index (χ4v) is 1.98. The molecule has 2 nitrogen and oxygen atoms in total. The number of carbonyl (C=O) groups excluding carboxylic acids is 1. The van der Waals surface area contributed by atoms with Gasteiger partial charge in [0.2, 0.25) is 0 Å². The molecule has 0 aromatic heterocycles. The van der Waals surface area contributed by atoms with Crippen LogP contribution in [0.15, 0.2) is 60.7 Å². The van der Waals surface area contributed by atoms with Gasteiger partial charge in [-0.3, -0.25) is 4.79 Å². The van der Waals surface area contributed by atoms with Crippen molar-refractivity contribution in [2.24, 2.45) is 0 Å². The Hall–Kier alpha value is -1.64. The summed E-state index contributed by atoms with van der Waals surface area (Å²) < 4.78 is 0. The molecule has 1 unspecified atom stereocenters. The zero-order valence-corrected chi connectivity index (χ0v) is 11.7. The van der Waals surface area contributed by atoms with Gasteiger partial charge in [0.15, 0.2) is 5.78 Å². The second-order valence-corrected chi connectivity index (χ2v) is 4.13. The Balaban J connectivity index is 0.00000180. The molecule has 0 amide bonds. The van der Waals surface area contributed by atoms with Crippen molar-refractivity contribution in [3.63, 3.8) is 0 Å². The Labute approximate surface area is 120 Å². The number of hydrogen-bond acceptors (Lipinski definition) is 2. The van der Waals surface area contributed by atoms with Gasteiger partial charge in [-0.15, -0.1) is 12.4 Å². The molecule has 0 spiro atoms. The highest BCUT2D eigenvalue weighted by atomic mass is 35.5. The van der Waals surface area contributed by atoms with E-state index >= 15 is 0 Å². The molecule has 19 heavy (non-hydrogen) atoms. The van der Waals surface area contributed by atoms with Crippen molar-refractivity contribution in [2.45, 2.75) is 13.0 Å². The summed E-state index contributed by atoms with van der Waals surface area (Å²) in [5.41, 5.74) is 1.75. The molecule has 2 aromatic rings. The third-order valence-corrected chi connectivity index (χ3v) is 2.86. The molecule has 1 atom stereocenters. The molecule has 0 aliphatic heterocycles. The molecule has 0 bridgehead atoms. The van der Waals surface area contributed by atoms with Crippen LogP contribution in [0.25, 0.3) is 0 Å². The van der Waals surface area contributed by atoms with E-state index < -0.39 is 0 Å². The van der Waals surface area contributed by atoms with E-state index in [0.29, 0.717) is 0 Å². The largest absolute Gasteiger partial charge is 0.304 e. The van der Waals surface area contributed by atoms with E-state index in [1.165, 1.54) is 0 Å². The summed E-state index contributed by atoms with van der Waals surface area (Å²) in [5, 5.41) is 3.25. The lowest BCUT2D eigenvalue weighted by atomic mass is 9.97. The third kappa shape index (κ3) is 3.91. The van der Waals surface area contributed by atoms with Gasteiger partial charge in [-0.2, -0.15) is 0 Å². The lowest BCUT2D eigenvalue weighted by Crippen LogP contribution is -2.28. The van der Waals surface area contributed by atoms with Gasteiger partial charge in [0, 0.05) is 5.56 Å². The fourth-order valence-electron chi connectivity index (χ4n) is 1.98. The minimum absolute atomic E-state index is 0. The Bertz CT molecular complexity index is 499. The lowest BCUT2D eigenvalue weighted by Gasteiger charge is -2.17. The molecule has 0 aliphatic rings. The maximum absolute atomic E-state index is 12.5. The molecular weight excluding hydrogens is 258 g/mol. The second-order valence-electron chi connectivity index (χ2n) is 4.13. The maximum atomic E-state index is 12.5. The van der Waals surface area contributed by atoms with E-state index in [2.05, 4.69) is 5.32 Å². The minimum Gasteiger partial charge on any atom is -0.304 e. The quantitative estimate of drug-likeness (QED) is 0.844. The average Bonchev–Trinajstić information content (AvgIpc) is 2.46. The van der Waals surface area contributed by atoms with Gasteiger partial charge in [-0.1, -0.05) is 67.6 Å². The van der Waals surface area contributed by atoms with Gasteiger partial charge >= 0.3 is 0 Å². The summed E-state index contributed by atoms with van der Waals surface area (Å²) in [6.45, 7) is 2.77. The first-order valence-corrected chi connectivity index (χ1v) is 6.20. The highest BCUT2D eigenvalue weighted by Gasteiger charge is 2.20. The molecule has 1 N–H and O–H groups in total. The normalized spacial score (nSPS) is 11.4. The van der Waals surface area contributed by atoms with Crippen molar-refractivity contribution < 1.29 is 4.79 Å². The maximum Gasteiger partial charge on any atom is 0.184 e. The van der Waals surface area contributed by atoms with Crippen LogP contribution in [0.5, 0.6) is 0 Å². The topological polar surface area (TPSA) is 29.1 Å². The monoisotopic (exact) mass is 275 g/mol. The number of hydrogen-bond donors (Lipinski definition) is 1. The molecule has 0 aliphatic carbocycles. The van der Waals surface area contributed by atoms with Gasteiger partial charge in [0.25, 0.3) is 0 Å². The lowest BCUT2D eigenvalue weighted by molar-refractivity contribution is 0.0944. The number of carbonyl (C=O) groups is 1. The van der Waals surface area contributed by atoms with E-state index in [1.807, 2.05) is 67.6 Å². The number of halogens is 1. The molecule has 0 fully saturated rings. The SMILES string of the molecule is CCNC(C(=O)c1ccccc1)c1ccccc1.Cl. The van der Waals surface area contributed by atoms with Crippen LogP contribution in [0.2, 0.25) is 0 Å². The van der Waals surface area contributed by atoms with Crippen LogP contribution in [0.3, 0.4) is 0 Å². The summed E-state index contributed by atoms with van der Waals surface area (Å²) >= 11 is 0. The predicted molar refractivity (Wildman–Crippen MR) is 80.9 cm³/mol. The molecule has 100 valence electrons. The van der Waals surface area contributed by atoms with Crippen molar-refractivity contribution in [2.75, 3.05) is 6.54 Å². The zero-order valence-electron chi connectivity index (χ0n) is 10.9. The van der Waals surface area contributed by atoms with Crippen molar-refractivity contribution in [1.29, 1.82) is 0 Å². The Morgan fingerprint density at radius 2 is 1.53 bits per heavy atom. The highest BCUT2D eigenvalue weighted by Crippen LogP contribution is 2.18. The number of rotatable bonds is 5. The van der Waals surface area contributed by atoms with E-state index in [0.717, 1.165) is 17.7 Å². The van der Waals surface area contributed by atoms with Crippen LogP contribution in [0.1, 0.15) is 28.9 Å². The van der Waals surface area contributed by atoms with Gasteiger partial charge in [-0.05, 0) is 12.1 Å². The smallest absolute Gasteiger partial charge is 0.184 e. The number of ketones is 1. The van der Waals surface area contributed by atoms with E-state index in [-0.39, 0.29) is 24.2 Å². The van der Waals surface area contributed by atoms with Crippen molar-refractivity contribution in [3.8, 4) is 0 Å². The zero-order chi connectivity index (χ0) is 12.8. The molecule has 2 rings (SSSR count). The summed E-state index contributed by atoms with van der Waals surface area (Å²) in [4.78, 5) is 12.5. The van der Waals surface area contributed by atoms with Crippen LogP contribution in [-0.4, -0.2) is 12.3 Å². The first-order valence-electron chi connectivity index (χ1n) is 6.20. The van der Waals surface area contributed by atoms with Crippen LogP contribution in [-0.2, 0) is 0 Å². The van der Waals surface area contributed by atoms with Crippen molar-refractivity contribution >= 4 is 18.2 Å². The summed E-state index contributed by atoms with van der Waals surface area (Å²) in [6.07, 6.45) is 0. The van der Waals surface area contributed by atoms with Crippen molar-refractivity contribution in [1.82, 2.24) is 5.32 Å². The number of benzene rings is 2. The number of nitrogens with one attached hydrogen (secondary N) is 1. The van der Waals surface area contributed by atoms with Crippen LogP contribution in [0.4, 0.5) is 0 Å². The molecule has 0 saturated heterocycles. The van der Waals surface area contributed by atoms with Crippen molar-refractivity contribution in [3.05, 3.63) is 71.8 Å². The molecule has 0 saturated carbocycles. The first-order chi connectivity index (χ1) is 8.83. The first kappa shape index (κ1) is 15.4. The minimum atomic E-state index is -0.265. The van der Waals surface area contributed by atoms with E-state index in [1.54, 1.807) is 0 Å². The Morgan fingerprint density at radius 3 is 2.05 bits per heavy atom. The molecule has 0 radical (unpaired) electrons. The molecular formula is C16H18ClNO. The second kappa shape index (κ2) is 7.72. The van der Waals surface area contributed by atoms with Crippen LogP contribution in [0, 0.1) is 0 Å².